The molecule has 0 aromatic carbocycles. The number of anilines is 1. The fraction of sp³-hybridized carbons (Fsp3) is 0.500. The minimum atomic E-state index is -2.78. The highest BCUT2D eigenvalue weighted by atomic mass is 79.9. The molecule has 2 rings (SSSR count). The second-order valence-corrected chi connectivity index (χ2v) is 5.02. The van der Waals surface area contributed by atoms with Gasteiger partial charge in [0.2, 0.25) is 0 Å². The molecule has 0 aliphatic carbocycles. The molecule has 0 saturated carbocycles. The van der Waals surface area contributed by atoms with Crippen LogP contribution in [0.25, 0.3) is 0 Å². The maximum atomic E-state index is 13.1. The predicted octanol–water partition coefficient (Wildman–Crippen LogP) is 0.936. The van der Waals surface area contributed by atoms with Gasteiger partial charge in [0.05, 0.1) is 18.4 Å². The number of alkyl halides is 2. The molecule has 19 heavy (non-hydrogen) atoms. The second-order valence-electron chi connectivity index (χ2n) is 4.23. The Morgan fingerprint density at radius 1 is 1.58 bits per heavy atom. The van der Waals surface area contributed by atoms with Gasteiger partial charge in [-0.25, -0.2) is 13.5 Å². The quantitative estimate of drug-likeness (QED) is 0.888. The minimum absolute atomic E-state index is 0.0430. The number of hydrogen-bond acceptors (Lipinski definition) is 4. The van der Waals surface area contributed by atoms with Gasteiger partial charge in [0.25, 0.3) is 11.5 Å². The van der Waals surface area contributed by atoms with E-state index in [1.165, 1.54) is 11.1 Å². The molecule has 9 heteroatoms. The van der Waals surface area contributed by atoms with Crippen molar-refractivity contribution in [3.8, 4) is 0 Å². The normalized spacial score (nSPS) is 17.7. The lowest BCUT2D eigenvalue weighted by molar-refractivity contribution is -0.138. The summed E-state index contributed by atoms with van der Waals surface area (Å²) in [4.78, 5) is 23.7. The number of carbonyl (C=O) groups is 1. The maximum absolute atomic E-state index is 13.1. The minimum Gasteiger partial charge on any atom is -0.480 e. The molecular formula is C10H10BrF2N3O3. The molecule has 6 nitrogen and oxygen atoms in total. The Labute approximate surface area is 114 Å². The highest BCUT2D eigenvalue weighted by Gasteiger charge is 2.39. The van der Waals surface area contributed by atoms with Crippen molar-refractivity contribution < 1.29 is 18.7 Å². The fourth-order valence-electron chi connectivity index (χ4n) is 1.86. The van der Waals surface area contributed by atoms with Crippen LogP contribution in [-0.2, 0) is 11.3 Å². The summed E-state index contributed by atoms with van der Waals surface area (Å²) in [5.41, 5.74) is -0.404. The van der Waals surface area contributed by atoms with E-state index in [0.29, 0.717) is 0 Å². The third-order valence-electron chi connectivity index (χ3n) is 2.76. The van der Waals surface area contributed by atoms with Crippen LogP contribution in [0.1, 0.15) is 6.42 Å². The van der Waals surface area contributed by atoms with Crippen LogP contribution in [0, 0.1) is 0 Å². The molecule has 0 unspecified atom stereocenters. The van der Waals surface area contributed by atoms with Gasteiger partial charge in [0.15, 0.2) is 0 Å². The van der Waals surface area contributed by atoms with Crippen molar-refractivity contribution in [2.45, 2.75) is 18.9 Å². The van der Waals surface area contributed by atoms with Crippen molar-refractivity contribution in [3.05, 3.63) is 21.0 Å². The zero-order chi connectivity index (χ0) is 14.2. The largest absolute Gasteiger partial charge is 0.480 e. The lowest BCUT2D eigenvalue weighted by Gasteiger charge is -2.19. The lowest BCUT2D eigenvalue weighted by atomic mass is 10.3. The topological polar surface area (TPSA) is 75.4 Å². The highest BCUT2D eigenvalue weighted by Crippen LogP contribution is 2.32. The van der Waals surface area contributed by atoms with Crippen molar-refractivity contribution >= 4 is 27.6 Å². The number of carboxylic acids is 1. The van der Waals surface area contributed by atoms with Gasteiger partial charge < -0.3 is 10.0 Å². The molecule has 1 aromatic rings. The van der Waals surface area contributed by atoms with Crippen molar-refractivity contribution in [1.82, 2.24) is 9.78 Å². The summed E-state index contributed by atoms with van der Waals surface area (Å²) in [5.74, 6) is -3.99. The molecule has 1 aliphatic rings. The predicted molar refractivity (Wildman–Crippen MR) is 65.6 cm³/mol. The van der Waals surface area contributed by atoms with Gasteiger partial charge in [0, 0.05) is 13.0 Å². The summed E-state index contributed by atoms with van der Waals surface area (Å²) in [6.45, 7) is -0.931. The molecule has 0 amide bonds. The summed E-state index contributed by atoms with van der Waals surface area (Å²) >= 11 is 3.02. The monoisotopic (exact) mass is 337 g/mol. The van der Waals surface area contributed by atoms with Crippen LogP contribution < -0.4 is 10.5 Å². The summed E-state index contributed by atoms with van der Waals surface area (Å²) in [7, 11) is 0. The van der Waals surface area contributed by atoms with Crippen LogP contribution in [0.15, 0.2) is 15.5 Å². The number of carboxylic acid groups (broad SMARTS) is 1. The van der Waals surface area contributed by atoms with Crippen molar-refractivity contribution in [2.24, 2.45) is 0 Å². The van der Waals surface area contributed by atoms with Gasteiger partial charge in [0.1, 0.15) is 11.0 Å². The van der Waals surface area contributed by atoms with Gasteiger partial charge in [-0.15, -0.1) is 0 Å². The SMILES string of the molecule is O=C(O)Cn1ncc(N2CCC(F)(F)C2)c(Br)c1=O. The number of nitrogens with zero attached hydrogens (tertiary/aromatic N) is 3. The Balaban J connectivity index is 2.32. The number of aliphatic carboxylic acids is 1. The molecular weight excluding hydrogens is 328 g/mol. The van der Waals surface area contributed by atoms with Crippen LogP contribution in [0.2, 0.25) is 0 Å². The molecule has 0 radical (unpaired) electrons. The molecule has 1 fully saturated rings. The van der Waals surface area contributed by atoms with Gasteiger partial charge in [-0.05, 0) is 15.9 Å². The van der Waals surface area contributed by atoms with E-state index in [9.17, 15) is 18.4 Å². The van der Waals surface area contributed by atoms with E-state index in [4.69, 9.17) is 5.11 Å². The summed E-state index contributed by atoms with van der Waals surface area (Å²) in [6, 6.07) is 0. The Kier molecular flexibility index (Phi) is 3.57. The van der Waals surface area contributed by atoms with Crippen LogP contribution in [0.4, 0.5) is 14.5 Å². The Hall–Kier alpha value is -1.51. The van der Waals surface area contributed by atoms with Crippen molar-refractivity contribution in [3.63, 3.8) is 0 Å². The van der Waals surface area contributed by atoms with E-state index >= 15 is 0 Å². The van der Waals surface area contributed by atoms with E-state index in [1.807, 2.05) is 0 Å². The number of hydrogen-bond donors (Lipinski definition) is 1. The number of rotatable bonds is 3. The molecule has 1 saturated heterocycles. The third kappa shape index (κ3) is 2.91. The van der Waals surface area contributed by atoms with E-state index in [0.717, 1.165) is 4.68 Å². The Bertz CT molecular complexity index is 576. The van der Waals surface area contributed by atoms with E-state index in [2.05, 4.69) is 21.0 Å². The zero-order valence-corrected chi connectivity index (χ0v) is 11.2. The Morgan fingerprint density at radius 3 is 2.79 bits per heavy atom. The number of aromatic nitrogens is 2. The second kappa shape index (κ2) is 4.87. The molecule has 0 bridgehead atoms. The van der Waals surface area contributed by atoms with Crippen LogP contribution in [0.3, 0.4) is 0 Å². The average molecular weight is 338 g/mol. The van der Waals surface area contributed by atoms with Gasteiger partial charge >= 0.3 is 5.97 Å². The lowest BCUT2D eigenvalue weighted by Crippen LogP contribution is -2.31. The molecule has 104 valence electrons. The first kappa shape index (κ1) is 13.9. The summed E-state index contributed by atoms with van der Waals surface area (Å²) in [5, 5.41) is 12.3. The van der Waals surface area contributed by atoms with E-state index < -0.39 is 30.5 Å². The summed E-state index contributed by atoms with van der Waals surface area (Å²) < 4.78 is 27.0. The molecule has 1 N–H and O–H groups in total. The van der Waals surface area contributed by atoms with Gasteiger partial charge in [-0.2, -0.15) is 5.10 Å². The smallest absolute Gasteiger partial charge is 0.325 e. The van der Waals surface area contributed by atoms with Gasteiger partial charge in [-0.1, -0.05) is 0 Å². The molecule has 0 spiro atoms. The third-order valence-corrected chi connectivity index (χ3v) is 3.51. The van der Waals surface area contributed by atoms with E-state index in [1.54, 1.807) is 0 Å². The first-order chi connectivity index (χ1) is 8.80. The first-order valence-electron chi connectivity index (χ1n) is 5.40. The van der Waals surface area contributed by atoms with Crippen molar-refractivity contribution in [2.75, 3.05) is 18.0 Å². The molecule has 2 heterocycles. The zero-order valence-electron chi connectivity index (χ0n) is 9.65. The Morgan fingerprint density at radius 2 is 2.26 bits per heavy atom. The molecule has 1 aliphatic heterocycles. The highest BCUT2D eigenvalue weighted by molar-refractivity contribution is 9.10. The maximum Gasteiger partial charge on any atom is 0.325 e. The van der Waals surface area contributed by atoms with Crippen LogP contribution in [-0.4, -0.2) is 39.9 Å². The van der Waals surface area contributed by atoms with Crippen LogP contribution in [0.5, 0.6) is 0 Å². The van der Waals surface area contributed by atoms with E-state index in [-0.39, 0.29) is 23.1 Å². The standard InChI is InChI=1S/C10H10BrF2N3O3/c11-8-6(15-2-1-10(12,13)5-15)3-14-16(9(8)19)4-7(17)18/h3H,1-2,4-5H2,(H,17,18). The fourth-order valence-corrected chi connectivity index (χ4v) is 2.42. The first-order valence-corrected chi connectivity index (χ1v) is 6.20. The van der Waals surface area contributed by atoms with Gasteiger partial charge in [-0.3, -0.25) is 9.59 Å². The van der Waals surface area contributed by atoms with Crippen LogP contribution >= 0.6 is 15.9 Å². The number of halogens is 3. The summed E-state index contributed by atoms with van der Waals surface area (Å²) in [6.07, 6.45) is 0.938. The average Bonchev–Trinajstić information content (AvgIpc) is 2.65. The molecule has 1 aromatic heterocycles. The van der Waals surface area contributed by atoms with Crippen molar-refractivity contribution in [1.29, 1.82) is 0 Å². The molecule has 0 atom stereocenters.